The van der Waals surface area contributed by atoms with Gasteiger partial charge in [-0.15, -0.1) is 5.10 Å². The van der Waals surface area contributed by atoms with Gasteiger partial charge in [-0.1, -0.05) is 26.0 Å². The second kappa shape index (κ2) is 8.71. The van der Waals surface area contributed by atoms with E-state index < -0.39 is 5.97 Å². The van der Waals surface area contributed by atoms with E-state index in [1.807, 2.05) is 6.07 Å². The predicted octanol–water partition coefficient (Wildman–Crippen LogP) is 3.31. The molecule has 136 valence electrons. The first-order valence-electron chi connectivity index (χ1n) is 8.48. The maximum Gasteiger partial charge on any atom is 0.378 e. The SMILES string of the molecule is CCOC(=O)c1n[nH]c(C(CC(C)C)NCc2ccc(F)c(C)c2)n1. The molecule has 0 saturated carbocycles. The number of carbonyl (C=O) groups is 1. The highest BCUT2D eigenvalue weighted by molar-refractivity contribution is 5.84. The van der Waals surface area contributed by atoms with Crippen molar-refractivity contribution >= 4 is 5.97 Å². The molecule has 0 spiro atoms. The second-order valence-electron chi connectivity index (χ2n) is 6.41. The number of nitrogens with one attached hydrogen (secondary N) is 2. The Bertz CT molecular complexity index is 715. The van der Waals surface area contributed by atoms with E-state index in [-0.39, 0.29) is 24.3 Å². The van der Waals surface area contributed by atoms with E-state index in [1.54, 1.807) is 19.9 Å². The van der Waals surface area contributed by atoms with E-state index >= 15 is 0 Å². The maximum atomic E-state index is 13.4. The molecule has 1 aromatic carbocycles. The number of hydrogen-bond donors (Lipinski definition) is 2. The first-order chi connectivity index (χ1) is 11.9. The lowest BCUT2D eigenvalue weighted by molar-refractivity contribution is 0.0512. The summed E-state index contributed by atoms with van der Waals surface area (Å²) in [7, 11) is 0. The number of rotatable bonds is 8. The van der Waals surface area contributed by atoms with Crippen LogP contribution in [-0.2, 0) is 11.3 Å². The van der Waals surface area contributed by atoms with Crippen molar-refractivity contribution in [3.63, 3.8) is 0 Å². The second-order valence-corrected chi connectivity index (χ2v) is 6.41. The average Bonchev–Trinajstić information content (AvgIpc) is 3.04. The molecular weight excluding hydrogens is 323 g/mol. The molecule has 7 heteroatoms. The summed E-state index contributed by atoms with van der Waals surface area (Å²) in [4.78, 5) is 16.0. The molecule has 6 nitrogen and oxygen atoms in total. The van der Waals surface area contributed by atoms with Crippen LogP contribution in [0.2, 0.25) is 0 Å². The van der Waals surface area contributed by atoms with Gasteiger partial charge in [-0.05, 0) is 43.4 Å². The maximum absolute atomic E-state index is 13.4. The van der Waals surface area contributed by atoms with Crippen LogP contribution in [0.15, 0.2) is 18.2 Å². The summed E-state index contributed by atoms with van der Waals surface area (Å²) in [5, 5.41) is 10.2. The molecule has 0 aliphatic carbocycles. The van der Waals surface area contributed by atoms with Crippen molar-refractivity contribution in [1.29, 1.82) is 0 Å². The Balaban J connectivity index is 2.10. The molecule has 2 rings (SSSR count). The summed E-state index contributed by atoms with van der Waals surface area (Å²) in [6, 6.07) is 4.95. The number of H-pyrrole nitrogens is 1. The molecule has 0 amide bonds. The van der Waals surface area contributed by atoms with Crippen molar-refractivity contribution < 1.29 is 13.9 Å². The highest BCUT2D eigenvalue weighted by Crippen LogP contribution is 2.19. The third-order valence-corrected chi connectivity index (χ3v) is 3.77. The van der Waals surface area contributed by atoms with Gasteiger partial charge in [0.25, 0.3) is 5.82 Å². The van der Waals surface area contributed by atoms with Gasteiger partial charge < -0.3 is 10.1 Å². The van der Waals surface area contributed by atoms with Gasteiger partial charge in [0.05, 0.1) is 12.6 Å². The Hall–Kier alpha value is -2.28. The fraction of sp³-hybridized carbons (Fsp3) is 0.500. The molecule has 1 atom stereocenters. The number of aromatic amines is 1. The summed E-state index contributed by atoms with van der Waals surface area (Å²) in [5.74, 6) is 0.295. The van der Waals surface area contributed by atoms with Gasteiger partial charge >= 0.3 is 5.97 Å². The number of ether oxygens (including phenoxy) is 1. The van der Waals surface area contributed by atoms with E-state index in [1.165, 1.54) is 6.07 Å². The Morgan fingerprint density at radius 2 is 2.16 bits per heavy atom. The van der Waals surface area contributed by atoms with Gasteiger partial charge in [-0.3, -0.25) is 5.10 Å². The molecule has 0 radical (unpaired) electrons. The summed E-state index contributed by atoms with van der Waals surface area (Å²) >= 11 is 0. The molecule has 25 heavy (non-hydrogen) atoms. The van der Waals surface area contributed by atoms with Crippen LogP contribution in [-0.4, -0.2) is 27.8 Å². The van der Waals surface area contributed by atoms with Crippen molar-refractivity contribution in [2.75, 3.05) is 6.61 Å². The van der Waals surface area contributed by atoms with Crippen LogP contribution in [0.5, 0.6) is 0 Å². The van der Waals surface area contributed by atoms with Crippen molar-refractivity contribution in [2.24, 2.45) is 5.92 Å². The molecule has 0 fully saturated rings. The molecule has 0 bridgehead atoms. The first-order valence-corrected chi connectivity index (χ1v) is 8.48. The average molecular weight is 348 g/mol. The van der Waals surface area contributed by atoms with Crippen LogP contribution in [0.3, 0.4) is 0 Å². The van der Waals surface area contributed by atoms with Crippen LogP contribution in [0.25, 0.3) is 0 Å². The van der Waals surface area contributed by atoms with Crippen LogP contribution < -0.4 is 5.32 Å². The minimum Gasteiger partial charge on any atom is -0.460 e. The number of aryl methyl sites for hydroxylation is 1. The zero-order valence-corrected chi connectivity index (χ0v) is 15.1. The van der Waals surface area contributed by atoms with Crippen LogP contribution in [0, 0.1) is 18.7 Å². The van der Waals surface area contributed by atoms with E-state index in [0.29, 0.717) is 23.9 Å². The summed E-state index contributed by atoms with van der Waals surface area (Å²) < 4.78 is 18.3. The van der Waals surface area contributed by atoms with E-state index in [9.17, 15) is 9.18 Å². The standard InChI is InChI=1S/C18H25FN4O2/c1-5-25-18(24)17-21-16(22-23-17)15(8-11(2)3)20-10-13-6-7-14(19)12(4)9-13/h6-7,9,11,15,20H,5,8,10H2,1-4H3,(H,21,22,23). The zero-order chi connectivity index (χ0) is 18.4. The van der Waals surface area contributed by atoms with Gasteiger partial charge in [-0.2, -0.15) is 0 Å². The minimum atomic E-state index is -0.539. The number of esters is 1. The number of aromatic nitrogens is 3. The summed E-state index contributed by atoms with van der Waals surface area (Å²) in [6.07, 6.45) is 0.817. The molecule has 2 aromatic rings. The smallest absolute Gasteiger partial charge is 0.378 e. The predicted molar refractivity (Wildman–Crippen MR) is 92.5 cm³/mol. The van der Waals surface area contributed by atoms with Crippen molar-refractivity contribution in [1.82, 2.24) is 20.5 Å². The monoisotopic (exact) mass is 348 g/mol. The van der Waals surface area contributed by atoms with Crippen molar-refractivity contribution in [2.45, 2.75) is 46.7 Å². The van der Waals surface area contributed by atoms with Crippen molar-refractivity contribution in [3.8, 4) is 0 Å². The normalized spacial score (nSPS) is 12.4. The van der Waals surface area contributed by atoms with E-state index in [0.717, 1.165) is 12.0 Å². The number of nitrogens with zero attached hydrogens (tertiary/aromatic N) is 2. The molecule has 2 N–H and O–H groups in total. The van der Waals surface area contributed by atoms with Gasteiger partial charge in [0.1, 0.15) is 11.6 Å². The van der Waals surface area contributed by atoms with E-state index in [2.05, 4.69) is 34.3 Å². The fourth-order valence-corrected chi connectivity index (χ4v) is 2.54. The highest BCUT2D eigenvalue weighted by Gasteiger charge is 2.20. The number of hydrogen-bond acceptors (Lipinski definition) is 5. The number of halogens is 1. The lowest BCUT2D eigenvalue weighted by Crippen LogP contribution is -2.24. The van der Waals surface area contributed by atoms with E-state index in [4.69, 9.17) is 4.74 Å². The Morgan fingerprint density at radius 3 is 2.80 bits per heavy atom. The number of carbonyl (C=O) groups excluding carboxylic acids is 1. The largest absolute Gasteiger partial charge is 0.460 e. The third kappa shape index (κ3) is 5.35. The van der Waals surface area contributed by atoms with Gasteiger partial charge in [0, 0.05) is 6.54 Å². The molecule has 1 unspecified atom stereocenters. The Kier molecular flexibility index (Phi) is 6.64. The Labute approximate surface area is 147 Å². The third-order valence-electron chi connectivity index (χ3n) is 3.77. The first kappa shape index (κ1) is 19.1. The quantitative estimate of drug-likeness (QED) is 0.716. The van der Waals surface area contributed by atoms with Crippen LogP contribution in [0.1, 0.15) is 60.8 Å². The molecule has 0 saturated heterocycles. The fourth-order valence-electron chi connectivity index (χ4n) is 2.54. The summed E-state index contributed by atoms with van der Waals surface area (Å²) in [6.45, 7) is 8.54. The zero-order valence-electron chi connectivity index (χ0n) is 15.1. The van der Waals surface area contributed by atoms with Crippen LogP contribution >= 0.6 is 0 Å². The molecular formula is C18H25FN4O2. The Morgan fingerprint density at radius 1 is 1.40 bits per heavy atom. The number of benzene rings is 1. The van der Waals surface area contributed by atoms with Gasteiger partial charge in [-0.25, -0.2) is 14.2 Å². The van der Waals surface area contributed by atoms with Gasteiger partial charge in [0.15, 0.2) is 0 Å². The molecule has 1 aromatic heterocycles. The summed E-state index contributed by atoms with van der Waals surface area (Å²) in [5.41, 5.74) is 1.60. The highest BCUT2D eigenvalue weighted by atomic mass is 19.1. The minimum absolute atomic E-state index is 0.0324. The molecule has 0 aliphatic heterocycles. The van der Waals surface area contributed by atoms with Crippen molar-refractivity contribution in [3.05, 3.63) is 46.8 Å². The topological polar surface area (TPSA) is 79.9 Å². The lowest BCUT2D eigenvalue weighted by atomic mass is 10.0. The van der Waals surface area contributed by atoms with Crippen LogP contribution in [0.4, 0.5) is 4.39 Å². The van der Waals surface area contributed by atoms with Gasteiger partial charge in [0.2, 0.25) is 0 Å². The lowest BCUT2D eigenvalue weighted by Gasteiger charge is -2.18. The molecule has 0 aliphatic rings. The molecule has 1 heterocycles.